The van der Waals surface area contributed by atoms with Crippen LogP contribution in [0.4, 0.5) is 0 Å². The molecule has 0 aromatic heterocycles. The van der Waals surface area contributed by atoms with Crippen LogP contribution in [0.15, 0.2) is 0 Å². The van der Waals surface area contributed by atoms with Gasteiger partial charge in [-0.25, -0.2) is 0 Å². The lowest BCUT2D eigenvalue weighted by molar-refractivity contribution is 0.128. The summed E-state index contributed by atoms with van der Waals surface area (Å²) in [5.41, 5.74) is 0. The fourth-order valence-electron chi connectivity index (χ4n) is 1.24. The highest BCUT2D eigenvalue weighted by molar-refractivity contribution is 6.74. The Morgan fingerprint density at radius 3 is 2.29 bits per heavy atom. The molecule has 0 aliphatic carbocycles. The Bertz CT molecular complexity index is 183. The summed E-state index contributed by atoms with van der Waals surface area (Å²) in [6.07, 6.45) is 0.213. The smallest absolute Gasteiger partial charge is 0.194 e. The summed E-state index contributed by atoms with van der Waals surface area (Å²) in [4.78, 5) is 0. The predicted molar refractivity (Wildman–Crippen MR) is 62.9 cm³/mol. The third-order valence-corrected chi connectivity index (χ3v) is 7.73. The second-order valence-electron chi connectivity index (χ2n) is 5.53. The molecule has 4 heteroatoms. The van der Waals surface area contributed by atoms with E-state index >= 15 is 0 Å². The molecule has 0 amide bonds. The zero-order valence-corrected chi connectivity index (χ0v) is 11.1. The van der Waals surface area contributed by atoms with Crippen molar-refractivity contribution < 1.29 is 4.43 Å². The lowest BCUT2D eigenvalue weighted by Crippen LogP contribution is -2.55. The SMILES string of the molecule is CC(C)(C)[Si](C)(C)OC1CNCCN1. The maximum atomic E-state index is 6.21. The molecule has 0 radical (unpaired) electrons. The standard InChI is InChI=1S/C10H24N2OSi/c1-10(2,3)14(4,5)13-9-8-11-6-7-12-9/h9,11-12H,6-8H2,1-5H3. The summed E-state index contributed by atoms with van der Waals surface area (Å²) >= 11 is 0. The first-order valence-electron chi connectivity index (χ1n) is 5.45. The minimum atomic E-state index is -1.59. The van der Waals surface area contributed by atoms with Crippen molar-refractivity contribution in [3.63, 3.8) is 0 Å². The van der Waals surface area contributed by atoms with Crippen LogP contribution in [0.2, 0.25) is 18.1 Å². The molecular weight excluding hydrogens is 192 g/mol. The van der Waals surface area contributed by atoms with Crippen LogP contribution < -0.4 is 10.6 Å². The maximum absolute atomic E-state index is 6.21. The van der Waals surface area contributed by atoms with Crippen molar-refractivity contribution >= 4 is 8.32 Å². The van der Waals surface area contributed by atoms with E-state index < -0.39 is 8.32 Å². The number of rotatable bonds is 2. The van der Waals surface area contributed by atoms with Gasteiger partial charge in [0.25, 0.3) is 0 Å². The molecule has 84 valence electrons. The van der Waals surface area contributed by atoms with Crippen molar-refractivity contribution in [1.29, 1.82) is 0 Å². The average molecular weight is 216 g/mol. The van der Waals surface area contributed by atoms with Gasteiger partial charge >= 0.3 is 0 Å². The van der Waals surface area contributed by atoms with Crippen LogP contribution in [0.5, 0.6) is 0 Å². The molecule has 1 aliphatic heterocycles. The molecule has 0 saturated carbocycles. The zero-order chi connectivity index (χ0) is 10.8. The van der Waals surface area contributed by atoms with Gasteiger partial charge in [-0.15, -0.1) is 0 Å². The monoisotopic (exact) mass is 216 g/mol. The first kappa shape index (κ1) is 12.2. The van der Waals surface area contributed by atoms with Gasteiger partial charge in [0.15, 0.2) is 8.32 Å². The molecule has 0 bridgehead atoms. The summed E-state index contributed by atoms with van der Waals surface area (Å²) in [6, 6.07) is 0. The van der Waals surface area contributed by atoms with Gasteiger partial charge in [-0.05, 0) is 18.1 Å². The van der Waals surface area contributed by atoms with Crippen LogP contribution >= 0.6 is 0 Å². The Hall–Kier alpha value is 0.0969. The van der Waals surface area contributed by atoms with Crippen molar-refractivity contribution in [2.45, 2.75) is 45.1 Å². The summed E-state index contributed by atoms with van der Waals surface area (Å²) < 4.78 is 6.21. The Balaban J connectivity index is 2.49. The van der Waals surface area contributed by atoms with Gasteiger partial charge in [-0.3, -0.25) is 5.32 Å². The van der Waals surface area contributed by atoms with Crippen LogP contribution in [0.25, 0.3) is 0 Å². The van der Waals surface area contributed by atoms with E-state index in [9.17, 15) is 0 Å². The summed E-state index contributed by atoms with van der Waals surface area (Å²) in [5, 5.41) is 7.04. The molecule has 1 saturated heterocycles. The van der Waals surface area contributed by atoms with E-state index in [4.69, 9.17) is 4.43 Å². The maximum Gasteiger partial charge on any atom is 0.194 e. The van der Waals surface area contributed by atoms with Crippen molar-refractivity contribution in [2.75, 3.05) is 19.6 Å². The Morgan fingerprint density at radius 1 is 1.21 bits per heavy atom. The first-order valence-corrected chi connectivity index (χ1v) is 8.36. The number of piperazine rings is 1. The quantitative estimate of drug-likeness (QED) is 0.687. The van der Waals surface area contributed by atoms with Gasteiger partial charge in [0.05, 0.1) is 0 Å². The Kier molecular flexibility index (Phi) is 3.74. The Morgan fingerprint density at radius 2 is 1.86 bits per heavy atom. The van der Waals surface area contributed by atoms with Gasteiger partial charge in [-0.2, -0.15) is 0 Å². The highest BCUT2D eigenvalue weighted by Crippen LogP contribution is 2.37. The fourth-order valence-corrected chi connectivity index (χ4v) is 2.47. The van der Waals surface area contributed by atoms with E-state index in [-0.39, 0.29) is 6.23 Å². The van der Waals surface area contributed by atoms with E-state index in [0.29, 0.717) is 5.04 Å². The van der Waals surface area contributed by atoms with Crippen LogP contribution in [0, 0.1) is 0 Å². The van der Waals surface area contributed by atoms with Crippen molar-refractivity contribution in [3.05, 3.63) is 0 Å². The fraction of sp³-hybridized carbons (Fsp3) is 1.00. The second kappa shape index (κ2) is 4.31. The normalized spacial score (nSPS) is 25.1. The van der Waals surface area contributed by atoms with Gasteiger partial charge in [-0.1, -0.05) is 20.8 Å². The third-order valence-electron chi connectivity index (χ3n) is 3.25. The van der Waals surface area contributed by atoms with E-state index in [0.717, 1.165) is 19.6 Å². The van der Waals surface area contributed by atoms with Gasteiger partial charge in [0.2, 0.25) is 0 Å². The Labute approximate surface area is 88.7 Å². The third kappa shape index (κ3) is 3.05. The van der Waals surface area contributed by atoms with Crippen LogP contribution in [0.3, 0.4) is 0 Å². The molecule has 1 heterocycles. The van der Waals surface area contributed by atoms with Gasteiger partial charge in [0, 0.05) is 19.6 Å². The van der Waals surface area contributed by atoms with Crippen LogP contribution in [0.1, 0.15) is 20.8 Å². The highest BCUT2D eigenvalue weighted by atomic mass is 28.4. The molecule has 14 heavy (non-hydrogen) atoms. The minimum Gasteiger partial charge on any atom is -0.400 e. The number of hydrogen-bond acceptors (Lipinski definition) is 3. The molecule has 1 fully saturated rings. The van der Waals surface area contributed by atoms with Crippen molar-refractivity contribution in [1.82, 2.24) is 10.6 Å². The molecule has 3 nitrogen and oxygen atoms in total. The van der Waals surface area contributed by atoms with E-state index in [1.54, 1.807) is 0 Å². The molecule has 0 aromatic carbocycles. The average Bonchev–Trinajstić information content (AvgIpc) is 2.03. The molecule has 1 rings (SSSR count). The zero-order valence-electron chi connectivity index (χ0n) is 10.1. The highest BCUT2D eigenvalue weighted by Gasteiger charge is 2.39. The molecule has 1 aliphatic rings. The van der Waals surface area contributed by atoms with E-state index in [2.05, 4.69) is 44.5 Å². The second-order valence-corrected chi connectivity index (χ2v) is 10.3. The lowest BCUT2D eigenvalue weighted by Gasteiger charge is -2.40. The number of nitrogens with one attached hydrogen (secondary N) is 2. The molecule has 0 spiro atoms. The summed E-state index contributed by atoms with van der Waals surface area (Å²) in [5.74, 6) is 0. The molecule has 2 N–H and O–H groups in total. The summed E-state index contributed by atoms with van der Waals surface area (Å²) in [7, 11) is -1.59. The molecule has 1 unspecified atom stereocenters. The largest absolute Gasteiger partial charge is 0.400 e. The number of hydrogen-bond donors (Lipinski definition) is 2. The van der Waals surface area contributed by atoms with Gasteiger partial charge in [0.1, 0.15) is 6.23 Å². The molecule has 0 aromatic rings. The lowest BCUT2D eigenvalue weighted by atomic mass is 10.2. The predicted octanol–water partition coefficient (Wildman–Crippen LogP) is 1.53. The van der Waals surface area contributed by atoms with Crippen LogP contribution in [-0.2, 0) is 4.43 Å². The molecule has 1 atom stereocenters. The summed E-state index contributed by atoms with van der Waals surface area (Å²) in [6.45, 7) is 14.4. The van der Waals surface area contributed by atoms with Gasteiger partial charge < -0.3 is 9.74 Å². The van der Waals surface area contributed by atoms with E-state index in [1.807, 2.05) is 0 Å². The first-order chi connectivity index (χ1) is 6.33. The van der Waals surface area contributed by atoms with E-state index in [1.165, 1.54) is 0 Å². The van der Waals surface area contributed by atoms with Crippen LogP contribution in [-0.4, -0.2) is 34.2 Å². The van der Waals surface area contributed by atoms with Crippen molar-refractivity contribution in [3.8, 4) is 0 Å². The molecular formula is C10H24N2OSi. The van der Waals surface area contributed by atoms with Crippen molar-refractivity contribution in [2.24, 2.45) is 0 Å². The minimum absolute atomic E-state index is 0.213. The topological polar surface area (TPSA) is 33.3 Å².